The monoisotopic (exact) mass is 395 g/mol. The SMILES string of the molecule is CCCOc1ccc(CN(CCC)C(=O)c2ccc(C#N)c(C)n2)cc1OCC. The van der Waals surface area contributed by atoms with Crippen LogP contribution in [0, 0.1) is 18.3 Å². The molecule has 0 aliphatic rings. The van der Waals surface area contributed by atoms with Gasteiger partial charge in [0.15, 0.2) is 11.5 Å². The first-order valence-corrected chi connectivity index (χ1v) is 10.1. The number of benzene rings is 1. The molecule has 0 N–H and O–H groups in total. The highest BCUT2D eigenvalue weighted by Gasteiger charge is 2.19. The molecule has 154 valence electrons. The summed E-state index contributed by atoms with van der Waals surface area (Å²) in [5.74, 6) is 1.26. The van der Waals surface area contributed by atoms with Gasteiger partial charge in [0.1, 0.15) is 11.8 Å². The van der Waals surface area contributed by atoms with Gasteiger partial charge in [-0.1, -0.05) is 19.9 Å². The number of ether oxygens (including phenoxy) is 2. The van der Waals surface area contributed by atoms with E-state index >= 15 is 0 Å². The lowest BCUT2D eigenvalue weighted by Gasteiger charge is -2.23. The third kappa shape index (κ3) is 5.95. The van der Waals surface area contributed by atoms with Gasteiger partial charge in [0, 0.05) is 13.1 Å². The summed E-state index contributed by atoms with van der Waals surface area (Å²) in [6, 6.07) is 11.1. The third-order valence-electron chi connectivity index (χ3n) is 4.35. The predicted molar refractivity (Wildman–Crippen MR) is 112 cm³/mol. The van der Waals surface area contributed by atoms with Crippen molar-refractivity contribution in [2.75, 3.05) is 19.8 Å². The largest absolute Gasteiger partial charge is 0.490 e. The molecule has 0 fully saturated rings. The Bertz CT molecular complexity index is 874. The molecule has 0 atom stereocenters. The maximum absolute atomic E-state index is 13.0. The van der Waals surface area contributed by atoms with Crippen LogP contribution in [0.3, 0.4) is 0 Å². The van der Waals surface area contributed by atoms with Crippen molar-refractivity contribution < 1.29 is 14.3 Å². The summed E-state index contributed by atoms with van der Waals surface area (Å²) in [6.45, 7) is 9.98. The van der Waals surface area contributed by atoms with E-state index in [0.717, 1.165) is 24.2 Å². The molecule has 2 rings (SSSR count). The normalized spacial score (nSPS) is 10.3. The van der Waals surface area contributed by atoms with Gasteiger partial charge in [0.2, 0.25) is 0 Å². The van der Waals surface area contributed by atoms with E-state index in [1.165, 1.54) is 0 Å². The lowest BCUT2D eigenvalue weighted by molar-refractivity contribution is 0.0737. The van der Waals surface area contributed by atoms with Gasteiger partial charge in [-0.25, -0.2) is 4.98 Å². The van der Waals surface area contributed by atoms with Crippen molar-refractivity contribution >= 4 is 5.91 Å². The minimum atomic E-state index is -0.149. The number of hydrogen-bond acceptors (Lipinski definition) is 5. The highest BCUT2D eigenvalue weighted by atomic mass is 16.5. The van der Waals surface area contributed by atoms with Gasteiger partial charge in [-0.2, -0.15) is 5.26 Å². The van der Waals surface area contributed by atoms with Crippen molar-refractivity contribution in [3.63, 3.8) is 0 Å². The van der Waals surface area contributed by atoms with Crippen LogP contribution in [-0.4, -0.2) is 35.5 Å². The van der Waals surface area contributed by atoms with E-state index in [0.29, 0.717) is 49.0 Å². The Labute approximate surface area is 173 Å². The lowest BCUT2D eigenvalue weighted by atomic mass is 10.1. The summed E-state index contributed by atoms with van der Waals surface area (Å²) in [6.07, 6.45) is 1.75. The smallest absolute Gasteiger partial charge is 0.272 e. The summed E-state index contributed by atoms with van der Waals surface area (Å²) in [5.41, 5.74) is 2.35. The molecule has 6 nitrogen and oxygen atoms in total. The number of aromatic nitrogens is 1. The minimum Gasteiger partial charge on any atom is -0.490 e. The summed E-state index contributed by atoms with van der Waals surface area (Å²) < 4.78 is 11.5. The fourth-order valence-electron chi connectivity index (χ4n) is 2.95. The van der Waals surface area contributed by atoms with Crippen molar-refractivity contribution in [3.05, 3.63) is 52.8 Å². The van der Waals surface area contributed by atoms with Crippen LogP contribution in [0.15, 0.2) is 30.3 Å². The van der Waals surface area contributed by atoms with E-state index in [4.69, 9.17) is 14.7 Å². The first-order chi connectivity index (χ1) is 14.0. The van der Waals surface area contributed by atoms with Crippen LogP contribution in [0.5, 0.6) is 11.5 Å². The molecule has 1 amide bonds. The second-order valence-electron chi connectivity index (χ2n) is 6.73. The van der Waals surface area contributed by atoms with Gasteiger partial charge in [-0.05, 0) is 56.5 Å². The average molecular weight is 396 g/mol. The summed E-state index contributed by atoms with van der Waals surface area (Å²) >= 11 is 0. The van der Waals surface area contributed by atoms with Gasteiger partial charge in [-0.15, -0.1) is 0 Å². The van der Waals surface area contributed by atoms with E-state index in [9.17, 15) is 4.79 Å². The molecule has 0 spiro atoms. The molecule has 0 saturated heterocycles. The molecule has 0 radical (unpaired) electrons. The van der Waals surface area contributed by atoms with Crippen molar-refractivity contribution in [3.8, 4) is 17.6 Å². The van der Waals surface area contributed by atoms with E-state index in [1.807, 2.05) is 32.0 Å². The number of carbonyl (C=O) groups excluding carboxylic acids is 1. The molecule has 0 aliphatic carbocycles. The van der Waals surface area contributed by atoms with E-state index in [1.54, 1.807) is 24.0 Å². The zero-order valence-electron chi connectivity index (χ0n) is 17.7. The molecule has 2 aromatic rings. The number of aryl methyl sites for hydroxylation is 1. The predicted octanol–water partition coefficient (Wildman–Crippen LogP) is 4.50. The molecule has 0 aliphatic heterocycles. The maximum atomic E-state index is 13.0. The fourth-order valence-corrected chi connectivity index (χ4v) is 2.95. The number of amides is 1. The van der Waals surface area contributed by atoms with Crippen LogP contribution < -0.4 is 9.47 Å². The molecule has 6 heteroatoms. The van der Waals surface area contributed by atoms with Crippen molar-refractivity contribution in [2.24, 2.45) is 0 Å². The number of nitrogens with zero attached hydrogens (tertiary/aromatic N) is 3. The number of nitriles is 1. The second-order valence-corrected chi connectivity index (χ2v) is 6.73. The molecule has 1 aromatic carbocycles. The first kappa shape index (κ1) is 22.2. The molecule has 29 heavy (non-hydrogen) atoms. The summed E-state index contributed by atoms with van der Waals surface area (Å²) in [5, 5.41) is 9.07. The van der Waals surface area contributed by atoms with Gasteiger partial charge in [0.05, 0.1) is 24.5 Å². The third-order valence-corrected chi connectivity index (χ3v) is 4.35. The fraction of sp³-hybridized carbons (Fsp3) is 0.435. The highest BCUT2D eigenvalue weighted by molar-refractivity contribution is 5.92. The average Bonchev–Trinajstić information content (AvgIpc) is 2.72. The molecular formula is C23H29N3O3. The van der Waals surface area contributed by atoms with Gasteiger partial charge < -0.3 is 14.4 Å². The minimum absolute atomic E-state index is 0.149. The molecule has 1 aromatic heterocycles. The van der Waals surface area contributed by atoms with Crippen molar-refractivity contribution in [2.45, 2.75) is 47.1 Å². The van der Waals surface area contributed by atoms with Crippen LogP contribution >= 0.6 is 0 Å². The Kier molecular flexibility index (Phi) is 8.47. The first-order valence-electron chi connectivity index (χ1n) is 10.1. The summed E-state index contributed by atoms with van der Waals surface area (Å²) in [7, 11) is 0. The van der Waals surface area contributed by atoms with Crippen molar-refractivity contribution in [1.29, 1.82) is 5.26 Å². The Morgan fingerprint density at radius 1 is 1.10 bits per heavy atom. The van der Waals surface area contributed by atoms with E-state index in [2.05, 4.69) is 18.0 Å². The molecule has 0 bridgehead atoms. The molecule has 0 unspecified atom stereocenters. The van der Waals surface area contributed by atoms with Crippen LogP contribution in [-0.2, 0) is 6.54 Å². The molecular weight excluding hydrogens is 366 g/mol. The van der Waals surface area contributed by atoms with E-state index in [-0.39, 0.29) is 5.91 Å². The quantitative estimate of drug-likeness (QED) is 0.592. The summed E-state index contributed by atoms with van der Waals surface area (Å²) in [4.78, 5) is 19.1. The second kappa shape index (κ2) is 11.1. The Balaban J connectivity index is 2.25. The molecule has 1 heterocycles. The number of rotatable bonds is 10. The Hall–Kier alpha value is -3.07. The van der Waals surface area contributed by atoms with Crippen LogP contribution in [0.4, 0.5) is 0 Å². The Morgan fingerprint density at radius 2 is 1.90 bits per heavy atom. The standard InChI is InChI=1S/C23H29N3O3/c1-5-12-26(23(27)20-10-9-19(15-24)17(4)25-20)16-18-8-11-21(29-13-6-2)22(14-18)28-7-3/h8-11,14H,5-7,12-13,16H2,1-4H3. The van der Waals surface area contributed by atoms with Gasteiger partial charge >= 0.3 is 0 Å². The van der Waals surface area contributed by atoms with Gasteiger partial charge in [-0.3, -0.25) is 4.79 Å². The number of carbonyl (C=O) groups is 1. The lowest BCUT2D eigenvalue weighted by Crippen LogP contribution is -2.32. The van der Waals surface area contributed by atoms with E-state index < -0.39 is 0 Å². The van der Waals surface area contributed by atoms with Crippen LogP contribution in [0.25, 0.3) is 0 Å². The van der Waals surface area contributed by atoms with Gasteiger partial charge in [0.25, 0.3) is 5.91 Å². The number of pyridine rings is 1. The van der Waals surface area contributed by atoms with Crippen LogP contribution in [0.2, 0.25) is 0 Å². The number of hydrogen-bond donors (Lipinski definition) is 0. The van der Waals surface area contributed by atoms with Crippen molar-refractivity contribution in [1.82, 2.24) is 9.88 Å². The van der Waals surface area contributed by atoms with Crippen LogP contribution in [0.1, 0.15) is 60.9 Å². The maximum Gasteiger partial charge on any atom is 0.272 e. The Morgan fingerprint density at radius 3 is 2.52 bits per heavy atom. The topological polar surface area (TPSA) is 75.5 Å². The highest BCUT2D eigenvalue weighted by Crippen LogP contribution is 2.29. The molecule has 0 saturated carbocycles. The zero-order chi connectivity index (χ0) is 21.2. The zero-order valence-corrected chi connectivity index (χ0v) is 17.7.